The highest BCUT2D eigenvalue weighted by atomic mass is 32.2. The van der Waals surface area contributed by atoms with Crippen LogP contribution in [0.25, 0.3) is 0 Å². The number of carboxylic acid groups (broad SMARTS) is 1. The van der Waals surface area contributed by atoms with E-state index in [0.29, 0.717) is 11.3 Å². The predicted octanol–water partition coefficient (Wildman–Crippen LogP) is 9.16. The Bertz CT molecular complexity index is 1650. The number of nitrogens with two attached hydrogens (primary N) is 1. The van der Waals surface area contributed by atoms with Crippen molar-refractivity contribution in [2.75, 3.05) is 0 Å². The zero-order chi connectivity index (χ0) is 40.8. The van der Waals surface area contributed by atoms with Crippen LogP contribution >= 0.6 is 11.8 Å². The number of carbonyl (C=O) groups is 3. The summed E-state index contributed by atoms with van der Waals surface area (Å²) in [5.41, 5.74) is 10.8. The zero-order valence-electron chi connectivity index (χ0n) is 35.2. The number of aliphatic carboxylic acids is 1. The van der Waals surface area contributed by atoms with Crippen molar-refractivity contribution in [3.63, 3.8) is 0 Å². The number of hydrogen-bond donors (Lipinski definition) is 4. The summed E-state index contributed by atoms with van der Waals surface area (Å²) in [6.45, 7) is 21.5. The fourth-order valence-electron chi connectivity index (χ4n) is 8.47. The molecular weight excluding hydrogens is 711 g/mol. The first-order valence-electron chi connectivity index (χ1n) is 20.6. The lowest BCUT2D eigenvalue weighted by Crippen LogP contribution is -2.71. The number of hydrogen-bond acceptors (Lipinski definition) is 7. The second-order valence-corrected chi connectivity index (χ2v) is 19.7. The Labute approximate surface area is 334 Å². The molecule has 0 spiro atoms. The summed E-state index contributed by atoms with van der Waals surface area (Å²) in [4.78, 5) is 37.5. The number of nitrogens with one attached hydrogen (secondary N) is 1. The van der Waals surface area contributed by atoms with Crippen LogP contribution in [0.2, 0.25) is 0 Å². The molecule has 306 valence electrons. The summed E-state index contributed by atoms with van der Waals surface area (Å²) in [6.07, 6.45) is 14.1. The number of benzene rings is 2. The van der Waals surface area contributed by atoms with Gasteiger partial charge in [-0.1, -0.05) is 103 Å². The number of aromatic hydroxyl groups is 1. The van der Waals surface area contributed by atoms with Crippen LogP contribution < -0.4 is 15.8 Å². The van der Waals surface area contributed by atoms with E-state index in [1.165, 1.54) is 73.6 Å². The van der Waals surface area contributed by atoms with E-state index in [4.69, 9.17) is 10.5 Å². The minimum absolute atomic E-state index is 0.0712. The summed E-state index contributed by atoms with van der Waals surface area (Å²) < 4.78 is 5.99. The number of phenols is 1. The maximum atomic E-state index is 12.3. The van der Waals surface area contributed by atoms with E-state index >= 15 is 0 Å². The monoisotopic (exact) mass is 779 g/mol. The number of amides is 2. The Morgan fingerprint density at radius 3 is 2.09 bits per heavy atom. The summed E-state index contributed by atoms with van der Waals surface area (Å²) >= 11 is 1.38. The van der Waals surface area contributed by atoms with E-state index < -0.39 is 34.7 Å². The normalized spacial score (nSPS) is 24.0. The highest BCUT2D eigenvalue weighted by molar-refractivity contribution is 8.01. The smallest absolute Gasteiger partial charge is 0.327 e. The van der Waals surface area contributed by atoms with E-state index in [9.17, 15) is 24.6 Å². The minimum Gasteiger partial charge on any atom is -0.507 e. The van der Waals surface area contributed by atoms with Crippen LogP contribution in [0.4, 0.5) is 0 Å². The maximum Gasteiger partial charge on any atom is 0.327 e. The largest absolute Gasteiger partial charge is 0.507 e. The SMILES string of the molecule is CC1(C)S[C@@H]2[C@H](NC(=O)[C@H](N)c3ccccc3)C(=O)N2[C@H]1C(=O)O.Cc1c(C)c2c(c(C)c1O)CC[C@@](C)(CCC[C@H](C)CCC[C@H](C)CCCC(C)C)O2. The molecule has 2 saturated heterocycles. The molecule has 3 heterocycles. The van der Waals surface area contributed by atoms with Gasteiger partial charge < -0.3 is 30.9 Å². The number of β-lactam (4-membered cyclic amide) rings is 1. The van der Waals surface area contributed by atoms with Gasteiger partial charge in [0.15, 0.2) is 0 Å². The molecule has 0 bridgehead atoms. The maximum absolute atomic E-state index is 12.3. The van der Waals surface area contributed by atoms with Crippen LogP contribution in [0.5, 0.6) is 11.5 Å². The number of thioether (sulfide) groups is 1. The Morgan fingerprint density at radius 1 is 0.927 bits per heavy atom. The van der Waals surface area contributed by atoms with Crippen molar-refractivity contribution in [1.82, 2.24) is 10.2 Å². The van der Waals surface area contributed by atoms with Gasteiger partial charge in [-0.3, -0.25) is 9.59 Å². The van der Waals surface area contributed by atoms with Gasteiger partial charge in [-0.15, -0.1) is 11.8 Å². The number of nitrogens with zero attached hydrogens (tertiary/aromatic N) is 1. The van der Waals surface area contributed by atoms with Gasteiger partial charge in [-0.25, -0.2) is 4.79 Å². The van der Waals surface area contributed by atoms with Crippen molar-refractivity contribution in [2.24, 2.45) is 23.5 Å². The van der Waals surface area contributed by atoms with Crippen molar-refractivity contribution < 1.29 is 29.3 Å². The molecule has 3 aliphatic heterocycles. The minimum atomic E-state index is -1.03. The van der Waals surface area contributed by atoms with Crippen LogP contribution in [-0.2, 0) is 20.8 Å². The third-order valence-electron chi connectivity index (χ3n) is 12.3. The topological polar surface area (TPSA) is 142 Å². The first-order chi connectivity index (χ1) is 25.8. The lowest BCUT2D eigenvalue weighted by atomic mass is 9.84. The van der Waals surface area contributed by atoms with Gasteiger partial charge >= 0.3 is 5.97 Å². The van der Waals surface area contributed by atoms with Crippen molar-refractivity contribution >= 4 is 29.5 Å². The summed E-state index contributed by atoms with van der Waals surface area (Å²) in [5, 5.41) is 22.1. The number of carboxylic acids is 1. The highest BCUT2D eigenvalue weighted by Gasteiger charge is 2.64. The Kier molecular flexibility index (Phi) is 15.2. The lowest BCUT2D eigenvalue weighted by Gasteiger charge is -2.43. The Balaban J connectivity index is 0.000000252. The van der Waals surface area contributed by atoms with Crippen LogP contribution in [0.1, 0.15) is 147 Å². The molecule has 0 saturated carbocycles. The zero-order valence-corrected chi connectivity index (χ0v) is 36.0. The van der Waals surface area contributed by atoms with Gasteiger partial charge in [0.25, 0.3) is 0 Å². The van der Waals surface area contributed by atoms with Crippen LogP contribution in [0.15, 0.2) is 30.3 Å². The van der Waals surface area contributed by atoms with E-state index in [1.807, 2.05) is 19.9 Å². The molecular formula is C45H69N3O6S. The molecule has 0 aromatic heterocycles. The molecule has 9 nitrogen and oxygen atoms in total. The second kappa shape index (κ2) is 18.8. The highest BCUT2D eigenvalue weighted by Crippen LogP contribution is 2.51. The number of rotatable bonds is 16. The van der Waals surface area contributed by atoms with Crippen LogP contribution in [0, 0.1) is 38.5 Å². The van der Waals surface area contributed by atoms with Crippen molar-refractivity contribution in [3.8, 4) is 11.5 Å². The molecule has 2 amide bonds. The van der Waals surface area contributed by atoms with Crippen molar-refractivity contribution in [2.45, 2.75) is 174 Å². The molecule has 2 fully saturated rings. The van der Waals surface area contributed by atoms with Gasteiger partial charge in [0, 0.05) is 10.3 Å². The van der Waals surface area contributed by atoms with Gasteiger partial charge in [-0.05, 0) is 107 Å². The molecule has 0 radical (unpaired) electrons. The van der Waals surface area contributed by atoms with E-state index in [2.05, 4.69) is 46.9 Å². The fraction of sp³-hybridized carbons (Fsp3) is 0.667. The molecule has 0 aliphatic carbocycles. The summed E-state index contributed by atoms with van der Waals surface area (Å²) in [5.74, 6) is 2.18. The average Bonchev–Trinajstić information content (AvgIpc) is 3.39. The van der Waals surface area contributed by atoms with Crippen LogP contribution in [0.3, 0.4) is 0 Å². The lowest BCUT2D eigenvalue weighted by molar-refractivity contribution is -0.161. The summed E-state index contributed by atoms with van der Waals surface area (Å²) in [6, 6.07) is 6.38. The Morgan fingerprint density at radius 2 is 1.51 bits per heavy atom. The Hall–Kier alpha value is -3.24. The van der Waals surface area contributed by atoms with Gasteiger partial charge in [0.2, 0.25) is 11.8 Å². The standard InChI is InChI=1S/C29H50O2.C16H19N3O4S/c1-20(2)12-9-13-21(3)14-10-15-22(4)16-11-18-29(8)19-17-26-25(7)27(30)23(5)24(6)28(26)31-29;1-16(2)11(15(22)23)19-13(21)10(14(19)24-16)18-12(20)9(17)8-6-4-3-5-7-8/h20-22,30H,9-19H2,1-8H3;3-7,9-11,14H,17H2,1-2H3,(H,18,20)(H,22,23)/t21-,22-,29-;9-,10-,11+,14-/m11/s1. The molecule has 55 heavy (non-hydrogen) atoms. The molecule has 5 N–H and O–H groups in total. The average molecular weight is 780 g/mol. The predicted molar refractivity (Wildman–Crippen MR) is 223 cm³/mol. The van der Waals surface area contributed by atoms with Crippen LogP contribution in [-0.4, -0.2) is 60.7 Å². The van der Waals surface area contributed by atoms with Gasteiger partial charge in [0.1, 0.15) is 40.6 Å². The van der Waals surface area contributed by atoms with Crippen molar-refractivity contribution in [3.05, 3.63) is 58.1 Å². The molecule has 2 aromatic rings. The van der Waals surface area contributed by atoms with Gasteiger partial charge in [-0.2, -0.15) is 0 Å². The molecule has 3 aliphatic rings. The molecule has 5 rings (SSSR count). The molecule has 2 aromatic carbocycles. The quantitative estimate of drug-likeness (QED) is 0.124. The number of phenolic OH excluding ortho intramolecular Hbond substituents is 1. The third-order valence-corrected chi connectivity index (χ3v) is 13.9. The first-order valence-corrected chi connectivity index (χ1v) is 21.5. The molecule has 7 atom stereocenters. The van der Waals surface area contributed by atoms with E-state index in [1.54, 1.807) is 38.1 Å². The van der Waals surface area contributed by atoms with Gasteiger partial charge in [0.05, 0.1) is 0 Å². The molecule has 10 heteroatoms. The van der Waals surface area contributed by atoms with E-state index in [-0.39, 0.29) is 16.9 Å². The second-order valence-electron chi connectivity index (χ2n) is 17.9. The number of ether oxygens (including phenoxy) is 1. The van der Waals surface area contributed by atoms with E-state index in [0.717, 1.165) is 59.5 Å². The number of carbonyl (C=O) groups excluding carboxylic acids is 2. The molecule has 0 unspecified atom stereocenters. The first kappa shape index (κ1) is 44.5. The summed E-state index contributed by atoms with van der Waals surface area (Å²) in [7, 11) is 0. The number of fused-ring (bicyclic) bond motifs is 2. The van der Waals surface area contributed by atoms with Crippen molar-refractivity contribution in [1.29, 1.82) is 0 Å². The third kappa shape index (κ3) is 10.8. The fourth-order valence-corrected chi connectivity index (χ4v) is 10.1.